The average Bonchev–Trinajstić information content (AvgIpc) is 2.18. The number of hydrogen-bond acceptors (Lipinski definition) is 3. The number of nitriles is 1. The van der Waals surface area contributed by atoms with Crippen molar-refractivity contribution in [3.8, 4) is 11.8 Å². The van der Waals surface area contributed by atoms with E-state index in [2.05, 4.69) is 6.07 Å². The van der Waals surface area contributed by atoms with Crippen LogP contribution in [0.4, 0.5) is 5.69 Å². The number of hydrogen-bond donors (Lipinski definition) is 0. The molecule has 1 rings (SSSR count). The maximum atomic E-state index is 8.55. The van der Waals surface area contributed by atoms with E-state index >= 15 is 0 Å². The summed E-state index contributed by atoms with van der Waals surface area (Å²) in [5.41, 5.74) is 2.11. The monoisotopic (exact) mass is 190 g/mol. The summed E-state index contributed by atoms with van der Waals surface area (Å²) in [6, 6.07) is 7.98. The van der Waals surface area contributed by atoms with Crippen LogP contribution in [0.3, 0.4) is 0 Å². The van der Waals surface area contributed by atoms with Gasteiger partial charge in [-0.3, -0.25) is 0 Å². The first kappa shape index (κ1) is 10.4. The van der Waals surface area contributed by atoms with Gasteiger partial charge in [0.2, 0.25) is 0 Å². The Morgan fingerprint density at radius 2 is 2.21 bits per heavy atom. The Morgan fingerprint density at radius 3 is 2.71 bits per heavy atom. The van der Waals surface area contributed by atoms with E-state index in [4.69, 9.17) is 10.00 Å². The molecule has 0 aliphatic heterocycles. The smallest absolute Gasteiger partial charge is 0.121 e. The van der Waals surface area contributed by atoms with Gasteiger partial charge in [0.1, 0.15) is 12.3 Å². The molecule has 3 heteroatoms. The Hall–Kier alpha value is -1.69. The molecule has 0 saturated carbocycles. The van der Waals surface area contributed by atoms with Gasteiger partial charge < -0.3 is 9.64 Å². The Balaban J connectivity index is 2.92. The SMILES string of the molecule is COc1ccc(N(C)CC#N)cc1C. The van der Waals surface area contributed by atoms with Crippen molar-refractivity contribution in [1.82, 2.24) is 0 Å². The average molecular weight is 190 g/mol. The quantitative estimate of drug-likeness (QED) is 0.683. The second-order valence-electron chi connectivity index (χ2n) is 3.17. The molecular formula is C11H14N2O. The largest absolute Gasteiger partial charge is 0.496 e. The summed E-state index contributed by atoms with van der Waals surface area (Å²) in [6.45, 7) is 2.38. The molecule has 0 unspecified atom stereocenters. The minimum atomic E-state index is 0.395. The Labute approximate surface area is 84.5 Å². The first-order chi connectivity index (χ1) is 6.69. The summed E-state index contributed by atoms with van der Waals surface area (Å²) in [5, 5.41) is 8.55. The third kappa shape index (κ3) is 2.17. The van der Waals surface area contributed by atoms with Crippen molar-refractivity contribution in [2.45, 2.75) is 6.92 Å². The molecule has 0 radical (unpaired) electrons. The predicted octanol–water partition coefficient (Wildman–Crippen LogP) is 1.96. The van der Waals surface area contributed by atoms with Crippen molar-refractivity contribution in [3.63, 3.8) is 0 Å². The molecule has 14 heavy (non-hydrogen) atoms. The Bertz CT molecular complexity index is 355. The van der Waals surface area contributed by atoms with E-state index in [9.17, 15) is 0 Å². The minimum Gasteiger partial charge on any atom is -0.496 e. The van der Waals surface area contributed by atoms with Crippen LogP contribution < -0.4 is 9.64 Å². The van der Waals surface area contributed by atoms with Crippen molar-refractivity contribution >= 4 is 5.69 Å². The molecule has 0 amide bonds. The molecule has 0 aliphatic carbocycles. The zero-order chi connectivity index (χ0) is 10.6. The lowest BCUT2D eigenvalue weighted by molar-refractivity contribution is 0.411. The second-order valence-corrected chi connectivity index (χ2v) is 3.17. The van der Waals surface area contributed by atoms with E-state index in [0.717, 1.165) is 17.0 Å². The third-order valence-electron chi connectivity index (χ3n) is 2.13. The van der Waals surface area contributed by atoms with Crippen molar-refractivity contribution in [2.75, 3.05) is 25.6 Å². The summed E-state index contributed by atoms with van der Waals surface area (Å²) in [5.74, 6) is 0.874. The van der Waals surface area contributed by atoms with Gasteiger partial charge in [-0.05, 0) is 30.7 Å². The van der Waals surface area contributed by atoms with E-state index in [1.54, 1.807) is 7.11 Å². The lowest BCUT2D eigenvalue weighted by atomic mass is 10.2. The first-order valence-corrected chi connectivity index (χ1v) is 4.41. The highest BCUT2D eigenvalue weighted by Gasteiger charge is 2.03. The molecule has 74 valence electrons. The molecule has 0 heterocycles. The fraction of sp³-hybridized carbons (Fsp3) is 0.364. The summed E-state index contributed by atoms with van der Waals surface area (Å²) < 4.78 is 5.16. The fourth-order valence-corrected chi connectivity index (χ4v) is 1.30. The number of anilines is 1. The van der Waals surface area contributed by atoms with Crippen molar-refractivity contribution in [1.29, 1.82) is 5.26 Å². The highest BCUT2D eigenvalue weighted by atomic mass is 16.5. The molecule has 0 N–H and O–H groups in total. The van der Waals surface area contributed by atoms with Crippen molar-refractivity contribution < 1.29 is 4.74 Å². The van der Waals surface area contributed by atoms with Gasteiger partial charge in [-0.2, -0.15) is 5.26 Å². The minimum absolute atomic E-state index is 0.395. The molecule has 1 aromatic carbocycles. The number of ether oxygens (including phenoxy) is 1. The van der Waals surface area contributed by atoms with E-state index in [1.807, 2.05) is 37.1 Å². The standard InChI is InChI=1S/C11H14N2O/c1-9-8-10(13(2)7-6-12)4-5-11(9)14-3/h4-5,8H,7H2,1-3H3. The molecule has 0 aromatic heterocycles. The van der Waals surface area contributed by atoms with Crippen LogP contribution in [0.5, 0.6) is 5.75 Å². The van der Waals surface area contributed by atoms with Gasteiger partial charge in [-0.1, -0.05) is 0 Å². The summed E-state index contributed by atoms with van der Waals surface area (Å²) >= 11 is 0. The number of nitrogens with zero attached hydrogens (tertiary/aromatic N) is 2. The van der Waals surface area contributed by atoms with Crippen LogP contribution in [0.15, 0.2) is 18.2 Å². The van der Waals surface area contributed by atoms with Crippen LogP contribution in [0.25, 0.3) is 0 Å². The highest BCUT2D eigenvalue weighted by Crippen LogP contribution is 2.23. The molecule has 0 spiro atoms. The zero-order valence-electron chi connectivity index (χ0n) is 8.74. The molecule has 1 aromatic rings. The van der Waals surface area contributed by atoms with E-state index in [1.165, 1.54) is 0 Å². The van der Waals surface area contributed by atoms with Crippen molar-refractivity contribution in [3.05, 3.63) is 23.8 Å². The molecule has 0 fully saturated rings. The van der Waals surface area contributed by atoms with E-state index in [0.29, 0.717) is 6.54 Å². The Morgan fingerprint density at radius 1 is 1.50 bits per heavy atom. The molecule has 0 saturated heterocycles. The van der Waals surface area contributed by atoms with Crippen LogP contribution in [-0.4, -0.2) is 20.7 Å². The normalized spacial score (nSPS) is 9.29. The lowest BCUT2D eigenvalue weighted by Gasteiger charge is -2.16. The van der Waals surface area contributed by atoms with Gasteiger partial charge in [-0.15, -0.1) is 0 Å². The second kappa shape index (κ2) is 4.52. The number of rotatable bonds is 3. The van der Waals surface area contributed by atoms with Crippen LogP contribution in [-0.2, 0) is 0 Å². The van der Waals surface area contributed by atoms with Gasteiger partial charge in [0.25, 0.3) is 0 Å². The predicted molar refractivity (Wildman–Crippen MR) is 56.6 cm³/mol. The summed E-state index contributed by atoms with van der Waals surface area (Å²) in [4.78, 5) is 1.90. The molecule has 0 aliphatic rings. The zero-order valence-corrected chi connectivity index (χ0v) is 8.74. The van der Waals surface area contributed by atoms with Crippen LogP contribution in [0, 0.1) is 18.3 Å². The first-order valence-electron chi connectivity index (χ1n) is 4.41. The van der Waals surface area contributed by atoms with Crippen molar-refractivity contribution in [2.24, 2.45) is 0 Å². The van der Waals surface area contributed by atoms with Crippen LogP contribution in [0.2, 0.25) is 0 Å². The summed E-state index contributed by atoms with van der Waals surface area (Å²) in [7, 11) is 3.55. The molecular weight excluding hydrogens is 176 g/mol. The third-order valence-corrected chi connectivity index (χ3v) is 2.13. The van der Waals surface area contributed by atoms with Gasteiger partial charge in [-0.25, -0.2) is 0 Å². The fourth-order valence-electron chi connectivity index (χ4n) is 1.30. The molecule has 3 nitrogen and oxygen atoms in total. The van der Waals surface area contributed by atoms with Gasteiger partial charge in [0.15, 0.2) is 0 Å². The topological polar surface area (TPSA) is 36.3 Å². The van der Waals surface area contributed by atoms with Crippen LogP contribution in [0.1, 0.15) is 5.56 Å². The van der Waals surface area contributed by atoms with E-state index < -0.39 is 0 Å². The Kier molecular flexibility index (Phi) is 3.35. The maximum absolute atomic E-state index is 8.55. The highest BCUT2D eigenvalue weighted by molar-refractivity contribution is 5.52. The van der Waals surface area contributed by atoms with E-state index in [-0.39, 0.29) is 0 Å². The maximum Gasteiger partial charge on any atom is 0.121 e. The number of benzene rings is 1. The van der Waals surface area contributed by atoms with Gasteiger partial charge in [0.05, 0.1) is 13.2 Å². The molecule has 0 bridgehead atoms. The van der Waals surface area contributed by atoms with Gasteiger partial charge >= 0.3 is 0 Å². The number of methoxy groups -OCH3 is 1. The molecule has 0 atom stereocenters. The van der Waals surface area contributed by atoms with Crippen LogP contribution >= 0.6 is 0 Å². The lowest BCUT2D eigenvalue weighted by Crippen LogP contribution is -2.16. The number of aryl methyl sites for hydroxylation is 1. The van der Waals surface area contributed by atoms with Gasteiger partial charge in [0, 0.05) is 12.7 Å². The summed E-state index contributed by atoms with van der Waals surface area (Å²) in [6.07, 6.45) is 0.